The number of hydrogen-bond acceptors (Lipinski definition) is 3. The molecule has 1 aromatic carbocycles. The van der Waals surface area contributed by atoms with E-state index in [1.807, 2.05) is 0 Å². The minimum Gasteiger partial charge on any atom is -0.481 e. The Labute approximate surface area is 115 Å². The molecule has 1 fully saturated rings. The smallest absolute Gasteiger partial charge is 0.307 e. The molecule has 5 nitrogen and oxygen atoms in total. The number of carboxylic acid groups (broad SMARTS) is 1. The van der Waals surface area contributed by atoms with Crippen LogP contribution in [-0.4, -0.2) is 17.0 Å². The lowest BCUT2D eigenvalue weighted by molar-refractivity contribution is -0.140. The molecule has 1 aromatic rings. The van der Waals surface area contributed by atoms with Crippen molar-refractivity contribution in [2.45, 2.75) is 13.8 Å². The number of nitrogens with zero attached hydrogens (tertiary/aromatic N) is 1. The molecule has 0 heterocycles. The quantitative estimate of drug-likeness (QED) is 0.883. The Hall–Kier alpha value is -2.42. The normalized spacial score (nSPS) is 22.7. The van der Waals surface area contributed by atoms with E-state index in [0.717, 1.165) is 12.1 Å². The van der Waals surface area contributed by atoms with Crippen LogP contribution in [0.3, 0.4) is 0 Å². The highest BCUT2D eigenvalue weighted by Gasteiger charge is 2.65. The van der Waals surface area contributed by atoms with Gasteiger partial charge in [-0.2, -0.15) is 5.26 Å². The number of amides is 1. The number of carbonyl (C=O) groups is 2. The Bertz CT molecular complexity index is 634. The molecule has 20 heavy (non-hydrogen) atoms. The van der Waals surface area contributed by atoms with Gasteiger partial charge in [0.05, 0.1) is 23.1 Å². The lowest BCUT2D eigenvalue weighted by Crippen LogP contribution is -2.18. The third-order valence-corrected chi connectivity index (χ3v) is 3.74. The van der Waals surface area contributed by atoms with Crippen LogP contribution in [0.1, 0.15) is 19.4 Å². The van der Waals surface area contributed by atoms with Crippen molar-refractivity contribution < 1.29 is 19.1 Å². The average molecular weight is 276 g/mol. The summed E-state index contributed by atoms with van der Waals surface area (Å²) in [6, 6.07) is 5.22. The molecule has 0 bridgehead atoms. The fourth-order valence-corrected chi connectivity index (χ4v) is 2.52. The first-order valence-electron chi connectivity index (χ1n) is 6.02. The highest BCUT2D eigenvalue weighted by Crippen LogP contribution is 2.58. The molecule has 1 aliphatic rings. The molecule has 0 aromatic heterocycles. The van der Waals surface area contributed by atoms with E-state index in [2.05, 4.69) is 5.32 Å². The molecular formula is C14H13FN2O3. The topological polar surface area (TPSA) is 90.2 Å². The van der Waals surface area contributed by atoms with Crippen LogP contribution in [0.5, 0.6) is 0 Å². The van der Waals surface area contributed by atoms with Crippen molar-refractivity contribution in [1.82, 2.24) is 0 Å². The fourth-order valence-electron chi connectivity index (χ4n) is 2.52. The average Bonchev–Trinajstić information content (AvgIpc) is 2.94. The standard InChI is InChI=1S/C14H13FN2O3/c1-14(2)10(11(14)13(19)20)12(18)17-9-4-3-8(15)5-7(9)6-16/h3-5,10-11H,1-2H3,(H,17,18)(H,19,20). The molecule has 0 spiro atoms. The number of halogens is 1. The minimum absolute atomic E-state index is 0.00341. The monoisotopic (exact) mass is 276 g/mol. The summed E-state index contributed by atoms with van der Waals surface area (Å²) in [5.41, 5.74) is -0.433. The van der Waals surface area contributed by atoms with Gasteiger partial charge in [0.2, 0.25) is 5.91 Å². The molecule has 2 unspecified atom stereocenters. The third kappa shape index (κ3) is 2.23. The van der Waals surface area contributed by atoms with E-state index in [-0.39, 0.29) is 11.3 Å². The number of nitriles is 1. The Morgan fingerprint density at radius 1 is 1.40 bits per heavy atom. The van der Waals surface area contributed by atoms with Crippen LogP contribution in [0.2, 0.25) is 0 Å². The predicted molar refractivity (Wildman–Crippen MR) is 68.1 cm³/mol. The second kappa shape index (κ2) is 4.60. The van der Waals surface area contributed by atoms with Crippen LogP contribution >= 0.6 is 0 Å². The number of hydrogen-bond donors (Lipinski definition) is 2. The van der Waals surface area contributed by atoms with E-state index in [1.54, 1.807) is 19.9 Å². The van der Waals surface area contributed by atoms with Gasteiger partial charge >= 0.3 is 5.97 Å². The van der Waals surface area contributed by atoms with E-state index in [0.29, 0.717) is 0 Å². The van der Waals surface area contributed by atoms with E-state index in [4.69, 9.17) is 10.4 Å². The summed E-state index contributed by atoms with van der Waals surface area (Å²) in [6.45, 7) is 3.40. The van der Waals surface area contributed by atoms with Crippen LogP contribution in [0, 0.1) is 34.4 Å². The zero-order valence-electron chi connectivity index (χ0n) is 11.0. The van der Waals surface area contributed by atoms with Gasteiger partial charge in [0.1, 0.15) is 11.9 Å². The summed E-state index contributed by atoms with van der Waals surface area (Å²) < 4.78 is 13.0. The molecule has 1 amide bonds. The molecular weight excluding hydrogens is 263 g/mol. The molecule has 6 heteroatoms. The van der Waals surface area contributed by atoms with Crippen LogP contribution < -0.4 is 5.32 Å². The van der Waals surface area contributed by atoms with Gasteiger partial charge in [0.15, 0.2) is 0 Å². The van der Waals surface area contributed by atoms with E-state index >= 15 is 0 Å². The van der Waals surface area contributed by atoms with Gasteiger partial charge in [-0.05, 0) is 23.6 Å². The van der Waals surface area contributed by atoms with Gasteiger partial charge in [-0.3, -0.25) is 9.59 Å². The maximum atomic E-state index is 13.0. The van der Waals surface area contributed by atoms with Crippen molar-refractivity contribution in [3.05, 3.63) is 29.6 Å². The van der Waals surface area contributed by atoms with Crippen molar-refractivity contribution in [2.24, 2.45) is 17.3 Å². The van der Waals surface area contributed by atoms with E-state index < -0.39 is 34.9 Å². The highest BCUT2D eigenvalue weighted by molar-refractivity contribution is 6.00. The number of benzene rings is 1. The van der Waals surface area contributed by atoms with Gasteiger partial charge in [-0.1, -0.05) is 13.8 Å². The van der Waals surface area contributed by atoms with Gasteiger partial charge < -0.3 is 10.4 Å². The maximum Gasteiger partial charge on any atom is 0.307 e. The summed E-state index contributed by atoms with van der Waals surface area (Å²) in [7, 11) is 0. The number of carboxylic acids is 1. The SMILES string of the molecule is CC1(C)C(C(=O)O)C1C(=O)Nc1ccc(F)cc1C#N. The second-order valence-electron chi connectivity index (χ2n) is 5.41. The van der Waals surface area contributed by atoms with Gasteiger partial charge in [-0.15, -0.1) is 0 Å². The number of aliphatic carboxylic acids is 1. The first kappa shape index (κ1) is 14.0. The summed E-state index contributed by atoms with van der Waals surface area (Å²) in [5, 5.41) is 20.4. The lowest BCUT2D eigenvalue weighted by Gasteiger charge is -2.07. The molecule has 2 atom stereocenters. The summed E-state index contributed by atoms with van der Waals surface area (Å²) >= 11 is 0. The third-order valence-electron chi connectivity index (χ3n) is 3.74. The van der Waals surface area contributed by atoms with Crippen LogP contribution in [0.4, 0.5) is 10.1 Å². The second-order valence-corrected chi connectivity index (χ2v) is 5.41. The molecule has 104 valence electrons. The van der Waals surface area contributed by atoms with Crippen molar-refractivity contribution in [3.8, 4) is 6.07 Å². The Morgan fingerprint density at radius 3 is 2.55 bits per heavy atom. The van der Waals surface area contributed by atoms with Crippen LogP contribution in [-0.2, 0) is 9.59 Å². The first-order valence-corrected chi connectivity index (χ1v) is 6.02. The van der Waals surface area contributed by atoms with Crippen molar-refractivity contribution in [1.29, 1.82) is 5.26 Å². The lowest BCUT2D eigenvalue weighted by atomic mass is 10.1. The van der Waals surface area contributed by atoms with E-state index in [1.165, 1.54) is 6.07 Å². The first-order chi connectivity index (χ1) is 9.28. The number of anilines is 1. The number of nitrogens with one attached hydrogen (secondary N) is 1. The number of rotatable bonds is 3. The zero-order valence-corrected chi connectivity index (χ0v) is 11.0. The zero-order chi connectivity index (χ0) is 15.1. The van der Waals surface area contributed by atoms with Crippen molar-refractivity contribution >= 4 is 17.6 Å². The summed E-state index contributed by atoms with van der Waals surface area (Å²) in [6.07, 6.45) is 0. The van der Waals surface area contributed by atoms with Crippen LogP contribution in [0.25, 0.3) is 0 Å². The molecule has 0 aliphatic heterocycles. The molecule has 0 radical (unpaired) electrons. The molecule has 2 rings (SSSR count). The maximum absolute atomic E-state index is 13.0. The Morgan fingerprint density at radius 2 is 2.05 bits per heavy atom. The molecule has 1 saturated carbocycles. The predicted octanol–water partition coefficient (Wildman–Crippen LogP) is 1.99. The summed E-state index contributed by atoms with van der Waals surface area (Å²) in [4.78, 5) is 23.1. The van der Waals surface area contributed by atoms with Gasteiger partial charge in [-0.25, -0.2) is 4.39 Å². The van der Waals surface area contributed by atoms with Crippen molar-refractivity contribution in [3.63, 3.8) is 0 Å². The molecule has 0 saturated heterocycles. The summed E-state index contributed by atoms with van der Waals surface area (Å²) in [5.74, 6) is -3.46. The van der Waals surface area contributed by atoms with Crippen molar-refractivity contribution in [2.75, 3.05) is 5.32 Å². The Kier molecular flexibility index (Phi) is 3.22. The van der Waals surface area contributed by atoms with E-state index in [9.17, 15) is 14.0 Å². The molecule has 1 aliphatic carbocycles. The Balaban J connectivity index is 2.19. The van der Waals surface area contributed by atoms with Gasteiger partial charge in [0, 0.05) is 0 Å². The highest BCUT2D eigenvalue weighted by atomic mass is 19.1. The van der Waals surface area contributed by atoms with Gasteiger partial charge in [0.25, 0.3) is 0 Å². The number of carbonyl (C=O) groups excluding carboxylic acids is 1. The largest absolute Gasteiger partial charge is 0.481 e. The minimum atomic E-state index is -1.02. The fraction of sp³-hybridized carbons (Fsp3) is 0.357. The molecule has 2 N–H and O–H groups in total. The van der Waals surface area contributed by atoms with Crippen LogP contribution in [0.15, 0.2) is 18.2 Å².